The number of amides is 1. The first-order chi connectivity index (χ1) is 18.6. The zero-order valence-corrected chi connectivity index (χ0v) is 24.3. The number of methoxy groups -OCH3 is 1. The zero-order chi connectivity index (χ0) is 27.9. The SMILES string of the molecule is CCc1ccc(C2C(c3ccc(F)cc3F)=NN(c3ccc(P)cc3P)C2(C)C(=O)NCC2(OC)COC2)o1. The number of furan rings is 1. The number of benzene rings is 2. The first kappa shape index (κ1) is 27.9. The van der Waals surface area contributed by atoms with Crippen LogP contribution in [0.25, 0.3) is 0 Å². The number of nitrogens with zero attached hydrogens (tertiary/aromatic N) is 2. The zero-order valence-electron chi connectivity index (χ0n) is 22.0. The van der Waals surface area contributed by atoms with E-state index in [1.807, 2.05) is 31.2 Å². The van der Waals surface area contributed by atoms with Crippen LogP contribution in [-0.2, 0) is 20.7 Å². The monoisotopic (exact) mass is 573 g/mol. The lowest BCUT2D eigenvalue weighted by Gasteiger charge is -2.42. The van der Waals surface area contributed by atoms with Crippen LogP contribution in [0.15, 0.2) is 58.0 Å². The van der Waals surface area contributed by atoms with Gasteiger partial charge in [-0.3, -0.25) is 4.79 Å². The Kier molecular flexibility index (Phi) is 7.64. The van der Waals surface area contributed by atoms with Crippen LogP contribution < -0.4 is 20.9 Å². The Balaban J connectivity index is 1.68. The van der Waals surface area contributed by atoms with E-state index in [0.29, 0.717) is 36.8 Å². The van der Waals surface area contributed by atoms with Crippen LogP contribution >= 0.6 is 18.5 Å². The van der Waals surface area contributed by atoms with Crippen LogP contribution in [-0.4, -0.2) is 49.6 Å². The quantitative estimate of drug-likeness (QED) is 0.418. The molecule has 5 rings (SSSR count). The average molecular weight is 574 g/mol. The van der Waals surface area contributed by atoms with Gasteiger partial charge in [0.25, 0.3) is 0 Å². The third-order valence-electron chi connectivity index (χ3n) is 7.48. The van der Waals surface area contributed by atoms with Crippen LogP contribution in [0.5, 0.6) is 0 Å². The Labute approximate surface area is 230 Å². The Morgan fingerprint density at radius 2 is 1.95 bits per heavy atom. The van der Waals surface area contributed by atoms with E-state index in [9.17, 15) is 9.18 Å². The van der Waals surface area contributed by atoms with Crippen LogP contribution in [0.4, 0.5) is 14.5 Å². The second-order valence-corrected chi connectivity index (χ2v) is 11.3. The van der Waals surface area contributed by atoms with Gasteiger partial charge in [-0.2, -0.15) is 5.10 Å². The highest BCUT2D eigenvalue weighted by Crippen LogP contribution is 2.45. The first-order valence-corrected chi connectivity index (χ1v) is 13.8. The standard InChI is InChI=1S/C28H31F2N3O4P2/c1-4-17-6-10-22(37-17)24-25(19-8-5-16(29)11-20(19)30)32-33(21-9-7-18(38)12-23(21)39)27(24,2)26(34)31-13-28(35-3)14-36-15-28/h5-12,24H,4,13-15,38-39H2,1-3H3,(H,31,34). The van der Waals surface area contributed by atoms with E-state index < -0.39 is 28.7 Å². The molecule has 2 aliphatic heterocycles. The molecule has 3 heterocycles. The van der Waals surface area contributed by atoms with Crippen molar-refractivity contribution in [3.63, 3.8) is 0 Å². The number of nitrogens with one attached hydrogen (secondary N) is 1. The fraction of sp³-hybridized carbons (Fsp3) is 0.357. The van der Waals surface area contributed by atoms with Gasteiger partial charge in [0.1, 0.15) is 28.8 Å². The molecule has 0 spiro atoms. The van der Waals surface area contributed by atoms with Gasteiger partial charge in [0, 0.05) is 25.2 Å². The lowest BCUT2D eigenvalue weighted by atomic mass is 9.78. The second kappa shape index (κ2) is 10.7. The Hall–Kier alpha value is -2.70. The number of aryl methyl sites for hydroxylation is 1. The molecule has 2 aromatic carbocycles. The maximum atomic E-state index is 15.3. The summed E-state index contributed by atoms with van der Waals surface area (Å²) in [5.74, 6) is -1.49. The fourth-order valence-corrected chi connectivity index (χ4v) is 5.93. The summed E-state index contributed by atoms with van der Waals surface area (Å²) in [4.78, 5) is 14.3. The summed E-state index contributed by atoms with van der Waals surface area (Å²) in [7, 11) is 6.90. The molecule has 0 radical (unpaired) electrons. The predicted molar refractivity (Wildman–Crippen MR) is 153 cm³/mol. The summed E-state index contributed by atoms with van der Waals surface area (Å²) in [6.45, 7) is 4.66. The van der Waals surface area contributed by atoms with Gasteiger partial charge in [0.2, 0.25) is 5.91 Å². The molecule has 206 valence electrons. The van der Waals surface area contributed by atoms with Gasteiger partial charge in [-0.1, -0.05) is 13.0 Å². The summed E-state index contributed by atoms with van der Waals surface area (Å²) < 4.78 is 46.3. The molecule has 7 nitrogen and oxygen atoms in total. The van der Waals surface area contributed by atoms with E-state index in [-0.39, 0.29) is 23.7 Å². The molecule has 1 saturated heterocycles. The van der Waals surface area contributed by atoms with E-state index in [0.717, 1.165) is 16.7 Å². The maximum Gasteiger partial charge on any atom is 0.249 e. The van der Waals surface area contributed by atoms with Crippen molar-refractivity contribution in [2.24, 2.45) is 5.10 Å². The van der Waals surface area contributed by atoms with Gasteiger partial charge >= 0.3 is 0 Å². The maximum absolute atomic E-state index is 15.3. The van der Waals surface area contributed by atoms with Crippen molar-refractivity contribution in [1.29, 1.82) is 0 Å². The highest BCUT2D eigenvalue weighted by atomic mass is 31.0. The van der Waals surface area contributed by atoms with Gasteiger partial charge in [-0.25, -0.2) is 13.8 Å². The summed E-state index contributed by atoms with van der Waals surface area (Å²) in [6.07, 6.45) is 0.637. The highest BCUT2D eigenvalue weighted by molar-refractivity contribution is 7.29. The van der Waals surface area contributed by atoms with E-state index in [1.54, 1.807) is 25.1 Å². The van der Waals surface area contributed by atoms with Crippen molar-refractivity contribution in [2.75, 3.05) is 31.9 Å². The number of hydrogen-bond acceptors (Lipinski definition) is 6. The predicted octanol–water partition coefficient (Wildman–Crippen LogP) is 3.42. The molecular formula is C28H31F2N3O4P2. The van der Waals surface area contributed by atoms with E-state index in [1.165, 1.54) is 12.1 Å². The normalized spacial score (nSPS) is 22.0. The smallest absolute Gasteiger partial charge is 0.249 e. The largest absolute Gasteiger partial charge is 0.465 e. The molecule has 1 amide bonds. The first-order valence-electron chi connectivity index (χ1n) is 12.6. The van der Waals surface area contributed by atoms with Crippen LogP contribution in [0.2, 0.25) is 0 Å². The van der Waals surface area contributed by atoms with Gasteiger partial charge in [-0.15, -0.1) is 18.5 Å². The molecular weight excluding hydrogens is 542 g/mol. The Morgan fingerprint density at radius 1 is 1.18 bits per heavy atom. The molecule has 39 heavy (non-hydrogen) atoms. The van der Waals surface area contributed by atoms with Gasteiger partial charge < -0.3 is 19.2 Å². The van der Waals surface area contributed by atoms with Crippen molar-refractivity contribution < 1.29 is 27.5 Å². The lowest BCUT2D eigenvalue weighted by Crippen LogP contribution is -2.63. The minimum atomic E-state index is -1.40. The summed E-state index contributed by atoms with van der Waals surface area (Å²) in [5.41, 5.74) is -1.03. The molecule has 1 aromatic heterocycles. The van der Waals surface area contributed by atoms with Crippen LogP contribution in [0.1, 0.15) is 36.8 Å². The number of carbonyl (C=O) groups is 1. The number of hydrogen-bond donors (Lipinski definition) is 1. The molecule has 11 heteroatoms. The van der Waals surface area contributed by atoms with Crippen LogP contribution in [0.3, 0.4) is 0 Å². The number of anilines is 1. The molecule has 1 N–H and O–H groups in total. The summed E-state index contributed by atoms with van der Waals surface area (Å²) in [6, 6.07) is 12.7. The molecule has 4 atom stereocenters. The molecule has 4 unspecified atom stereocenters. The third-order valence-corrected chi connectivity index (χ3v) is 8.30. The van der Waals surface area contributed by atoms with Gasteiger partial charge in [0.05, 0.1) is 37.1 Å². The minimum absolute atomic E-state index is 0.0890. The number of hydrazone groups is 1. The number of halogens is 2. The minimum Gasteiger partial charge on any atom is -0.465 e. The van der Waals surface area contributed by atoms with Gasteiger partial charge in [0.15, 0.2) is 5.54 Å². The van der Waals surface area contributed by atoms with Gasteiger partial charge in [-0.05, 0) is 53.9 Å². The van der Waals surface area contributed by atoms with Crippen molar-refractivity contribution in [3.05, 3.63) is 77.2 Å². The molecule has 3 aromatic rings. The fourth-order valence-electron chi connectivity index (χ4n) is 5.06. The van der Waals surface area contributed by atoms with E-state index >= 15 is 4.39 Å². The van der Waals surface area contributed by atoms with Crippen molar-refractivity contribution in [2.45, 2.75) is 37.3 Å². The average Bonchev–Trinajstić information content (AvgIpc) is 3.46. The Morgan fingerprint density at radius 3 is 2.54 bits per heavy atom. The molecule has 0 aliphatic carbocycles. The third kappa shape index (κ3) is 4.91. The van der Waals surface area contributed by atoms with E-state index in [4.69, 9.17) is 19.0 Å². The number of rotatable bonds is 8. The van der Waals surface area contributed by atoms with Crippen molar-refractivity contribution >= 4 is 46.4 Å². The van der Waals surface area contributed by atoms with Crippen molar-refractivity contribution in [1.82, 2.24) is 5.32 Å². The second-order valence-electron chi connectivity index (χ2n) is 10.0. The Bertz CT molecular complexity index is 1440. The number of ether oxygens (including phenoxy) is 2. The molecule has 1 fully saturated rings. The molecule has 2 aliphatic rings. The van der Waals surface area contributed by atoms with Crippen molar-refractivity contribution in [3.8, 4) is 0 Å². The van der Waals surface area contributed by atoms with Crippen LogP contribution in [0, 0.1) is 11.6 Å². The number of carbonyl (C=O) groups excluding carboxylic acids is 1. The van der Waals surface area contributed by atoms with E-state index in [2.05, 4.69) is 23.8 Å². The topological polar surface area (TPSA) is 76.3 Å². The summed E-state index contributed by atoms with van der Waals surface area (Å²) >= 11 is 0. The molecule has 0 bridgehead atoms. The molecule has 0 saturated carbocycles. The summed E-state index contributed by atoms with van der Waals surface area (Å²) in [5, 5.41) is 11.3. The lowest BCUT2D eigenvalue weighted by molar-refractivity contribution is -0.193. The highest BCUT2D eigenvalue weighted by Gasteiger charge is 2.57.